The van der Waals surface area contributed by atoms with Gasteiger partial charge in [-0.3, -0.25) is 9.59 Å². The van der Waals surface area contributed by atoms with Crippen LogP contribution in [0.5, 0.6) is 0 Å². The van der Waals surface area contributed by atoms with Gasteiger partial charge in [-0.15, -0.1) is 11.3 Å². The molecule has 0 radical (unpaired) electrons. The van der Waals surface area contributed by atoms with Crippen molar-refractivity contribution in [2.24, 2.45) is 5.73 Å². The Hall–Kier alpha value is -3.48. The van der Waals surface area contributed by atoms with Crippen molar-refractivity contribution in [2.45, 2.75) is 26.9 Å². The molecule has 164 valence electrons. The van der Waals surface area contributed by atoms with Gasteiger partial charge in [-0.1, -0.05) is 0 Å². The molecular formula is C18H16F3N5O4S. The van der Waals surface area contributed by atoms with E-state index >= 15 is 0 Å². The van der Waals surface area contributed by atoms with Crippen LogP contribution in [-0.2, 0) is 10.9 Å². The summed E-state index contributed by atoms with van der Waals surface area (Å²) in [7, 11) is 0. The number of anilines is 1. The van der Waals surface area contributed by atoms with E-state index < -0.39 is 29.7 Å². The van der Waals surface area contributed by atoms with Gasteiger partial charge in [0.1, 0.15) is 10.7 Å². The number of amides is 2. The Bertz CT molecular complexity index is 1220. The number of esters is 1. The van der Waals surface area contributed by atoms with Gasteiger partial charge in [0.25, 0.3) is 11.8 Å². The van der Waals surface area contributed by atoms with E-state index in [0.29, 0.717) is 4.52 Å². The number of nitrogens with zero attached hydrogens (tertiary/aromatic N) is 3. The van der Waals surface area contributed by atoms with Crippen molar-refractivity contribution in [3.63, 3.8) is 0 Å². The summed E-state index contributed by atoms with van der Waals surface area (Å²) < 4.78 is 45.4. The molecule has 3 aromatic rings. The molecule has 0 unspecified atom stereocenters. The molecular weight excluding hydrogens is 439 g/mol. The normalized spacial score (nSPS) is 11.5. The number of carbonyl (C=O) groups excluding carboxylic acids is 3. The number of alkyl halides is 3. The van der Waals surface area contributed by atoms with Crippen LogP contribution in [0.1, 0.15) is 54.4 Å². The van der Waals surface area contributed by atoms with E-state index in [1.54, 1.807) is 6.92 Å². The van der Waals surface area contributed by atoms with E-state index in [-0.39, 0.29) is 44.6 Å². The maximum absolute atomic E-state index is 13.3. The molecule has 31 heavy (non-hydrogen) atoms. The number of primary amides is 1. The molecule has 0 fully saturated rings. The number of thiophene rings is 1. The minimum absolute atomic E-state index is 0.0324. The number of nitrogens with two attached hydrogens (primary N) is 1. The highest BCUT2D eigenvalue weighted by Gasteiger charge is 2.35. The fourth-order valence-electron chi connectivity index (χ4n) is 2.87. The van der Waals surface area contributed by atoms with Gasteiger partial charge < -0.3 is 15.8 Å². The Balaban J connectivity index is 2.04. The summed E-state index contributed by atoms with van der Waals surface area (Å²) in [6.45, 7) is 4.47. The summed E-state index contributed by atoms with van der Waals surface area (Å²) in [5, 5.41) is 6.08. The van der Waals surface area contributed by atoms with Gasteiger partial charge in [0.15, 0.2) is 11.3 Å². The Morgan fingerprint density at radius 1 is 1.26 bits per heavy atom. The fourth-order valence-corrected chi connectivity index (χ4v) is 3.91. The van der Waals surface area contributed by atoms with Crippen LogP contribution in [0.25, 0.3) is 5.65 Å². The average molecular weight is 455 g/mol. The highest BCUT2D eigenvalue weighted by molar-refractivity contribution is 7.18. The summed E-state index contributed by atoms with van der Waals surface area (Å²) in [4.78, 5) is 40.6. The summed E-state index contributed by atoms with van der Waals surface area (Å²) >= 11 is 0.751. The second-order valence-corrected chi connectivity index (χ2v) is 7.40. The summed E-state index contributed by atoms with van der Waals surface area (Å²) in [5.41, 5.74) is 3.92. The third-order valence-corrected chi connectivity index (χ3v) is 5.38. The molecule has 9 nitrogen and oxygen atoms in total. The van der Waals surface area contributed by atoms with Gasteiger partial charge in [-0.05, 0) is 32.4 Å². The lowest BCUT2D eigenvalue weighted by atomic mass is 10.1. The Labute approximate surface area is 177 Å². The number of aryl methyl sites for hydroxylation is 1. The maximum atomic E-state index is 13.3. The zero-order chi connectivity index (χ0) is 23.1. The lowest BCUT2D eigenvalue weighted by molar-refractivity contribution is -0.142. The van der Waals surface area contributed by atoms with Crippen molar-refractivity contribution in [2.75, 3.05) is 11.9 Å². The molecule has 0 atom stereocenters. The zero-order valence-corrected chi connectivity index (χ0v) is 17.3. The lowest BCUT2D eigenvalue weighted by Crippen LogP contribution is -2.17. The molecule has 0 saturated heterocycles. The van der Waals surface area contributed by atoms with Gasteiger partial charge in [-0.25, -0.2) is 14.3 Å². The van der Waals surface area contributed by atoms with Crippen molar-refractivity contribution in [1.29, 1.82) is 0 Å². The number of carbonyl (C=O) groups is 3. The third kappa shape index (κ3) is 4.21. The molecule has 0 spiro atoms. The number of hydrogen-bond acceptors (Lipinski definition) is 7. The molecule has 3 aromatic heterocycles. The van der Waals surface area contributed by atoms with Gasteiger partial charge in [-0.2, -0.15) is 18.3 Å². The van der Waals surface area contributed by atoms with E-state index in [0.717, 1.165) is 23.5 Å². The first-order valence-corrected chi connectivity index (χ1v) is 9.62. The fraction of sp³-hybridized carbons (Fsp3) is 0.278. The third-order valence-electron chi connectivity index (χ3n) is 4.16. The van der Waals surface area contributed by atoms with Crippen molar-refractivity contribution < 1.29 is 32.3 Å². The SMILES string of the molecule is CCOC(=O)c1c(NC(=O)c2cc3nc(C)cc(C(F)(F)F)n3n2)sc(C(N)=O)c1C. The summed E-state index contributed by atoms with van der Waals surface area (Å²) in [5.74, 6) is -2.50. The standard InChI is InChI=1S/C18H16F3N5O4S/c1-4-30-17(29)12-8(3)13(14(22)27)31-16(12)24-15(28)9-6-11-23-7(2)5-10(18(19,20)21)26(11)25-9/h5-6H,4H2,1-3H3,(H2,22,27)(H,24,28). The maximum Gasteiger partial charge on any atom is 0.433 e. The van der Waals surface area contributed by atoms with Crippen LogP contribution >= 0.6 is 11.3 Å². The molecule has 3 rings (SSSR count). The quantitative estimate of drug-likeness (QED) is 0.569. The number of fused-ring (bicyclic) bond motifs is 1. The minimum Gasteiger partial charge on any atom is -0.462 e. The number of halogens is 3. The topological polar surface area (TPSA) is 129 Å². The molecule has 3 N–H and O–H groups in total. The second-order valence-electron chi connectivity index (χ2n) is 6.38. The predicted octanol–water partition coefficient (Wildman–Crippen LogP) is 2.95. The molecule has 0 aliphatic heterocycles. The number of hydrogen-bond donors (Lipinski definition) is 2. The van der Waals surface area contributed by atoms with Gasteiger partial charge in [0.2, 0.25) is 0 Å². The zero-order valence-electron chi connectivity index (χ0n) is 16.5. The van der Waals surface area contributed by atoms with Crippen molar-refractivity contribution in [3.8, 4) is 0 Å². The van der Waals surface area contributed by atoms with Crippen molar-refractivity contribution in [3.05, 3.63) is 45.2 Å². The lowest BCUT2D eigenvalue weighted by Gasteiger charge is -2.09. The van der Waals surface area contributed by atoms with E-state index in [9.17, 15) is 27.6 Å². The molecule has 0 aliphatic rings. The Morgan fingerprint density at radius 3 is 2.52 bits per heavy atom. The summed E-state index contributed by atoms with van der Waals surface area (Å²) in [6.07, 6.45) is -4.72. The molecule has 3 heterocycles. The van der Waals surface area contributed by atoms with Crippen molar-refractivity contribution >= 4 is 39.8 Å². The van der Waals surface area contributed by atoms with E-state index in [4.69, 9.17) is 10.5 Å². The molecule has 0 aromatic carbocycles. The monoisotopic (exact) mass is 455 g/mol. The van der Waals surface area contributed by atoms with Crippen LogP contribution in [0.3, 0.4) is 0 Å². The number of nitrogens with one attached hydrogen (secondary N) is 1. The van der Waals surface area contributed by atoms with Gasteiger partial charge >= 0.3 is 12.1 Å². The van der Waals surface area contributed by atoms with Crippen LogP contribution < -0.4 is 11.1 Å². The average Bonchev–Trinajstić information content (AvgIpc) is 3.21. The van der Waals surface area contributed by atoms with Gasteiger partial charge in [0, 0.05) is 11.8 Å². The minimum atomic E-state index is -4.72. The van der Waals surface area contributed by atoms with E-state index in [1.807, 2.05) is 0 Å². The van der Waals surface area contributed by atoms with Crippen LogP contribution in [0.4, 0.5) is 18.2 Å². The first kappa shape index (κ1) is 22.2. The Morgan fingerprint density at radius 2 is 1.94 bits per heavy atom. The van der Waals surface area contributed by atoms with Gasteiger partial charge in [0.05, 0.1) is 17.0 Å². The van der Waals surface area contributed by atoms with E-state index in [1.165, 1.54) is 13.8 Å². The van der Waals surface area contributed by atoms with Crippen molar-refractivity contribution in [1.82, 2.24) is 14.6 Å². The highest BCUT2D eigenvalue weighted by atomic mass is 32.1. The highest BCUT2D eigenvalue weighted by Crippen LogP contribution is 2.34. The molecule has 13 heteroatoms. The smallest absolute Gasteiger partial charge is 0.433 e. The molecule has 0 saturated carbocycles. The molecule has 2 amide bonds. The number of ether oxygens (including phenoxy) is 1. The first-order valence-electron chi connectivity index (χ1n) is 8.80. The molecule has 0 aliphatic carbocycles. The van der Waals surface area contributed by atoms with Crippen LogP contribution in [0, 0.1) is 13.8 Å². The predicted molar refractivity (Wildman–Crippen MR) is 104 cm³/mol. The molecule has 0 bridgehead atoms. The number of aromatic nitrogens is 3. The van der Waals surface area contributed by atoms with E-state index in [2.05, 4.69) is 15.4 Å². The second kappa shape index (κ2) is 7.98. The first-order chi connectivity index (χ1) is 14.4. The number of rotatable bonds is 5. The van der Waals surface area contributed by atoms with Crippen LogP contribution in [0.15, 0.2) is 12.1 Å². The summed E-state index contributed by atoms with van der Waals surface area (Å²) in [6, 6.07) is 1.89. The largest absolute Gasteiger partial charge is 0.462 e. The van der Waals surface area contributed by atoms with Crippen LogP contribution in [-0.4, -0.2) is 39.0 Å². The van der Waals surface area contributed by atoms with Crippen LogP contribution in [0.2, 0.25) is 0 Å². The Kier molecular flexibility index (Phi) is 5.72.